The molecule has 1 aliphatic carbocycles. The van der Waals surface area contributed by atoms with Crippen molar-refractivity contribution in [1.82, 2.24) is 0 Å². The molecule has 2 aliphatic heterocycles. The van der Waals surface area contributed by atoms with E-state index in [1.165, 1.54) is 7.11 Å². The van der Waals surface area contributed by atoms with Crippen LogP contribution in [0.5, 0.6) is 11.5 Å². The normalized spacial score (nSPS) is 33.2. The van der Waals surface area contributed by atoms with Crippen molar-refractivity contribution in [3.63, 3.8) is 0 Å². The molecule has 3 aliphatic rings. The molecule has 30 heavy (non-hydrogen) atoms. The van der Waals surface area contributed by atoms with Gasteiger partial charge in [-0.2, -0.15) is 15.8 Å². The van der Waals surface area contributed by atoms with E-state index in [4.69, 9.17) is 24.4 Å². The van der Waals surface area contributed by atoms with Crippen LogP contribution in [0.15, 0.2) is 18.2 Å². The van der Waals surface area contributed by atoms with Crippen molar-refractivity contribution in [2.45, 2.75) is 44.5 Å². The Morgan fingerprint density at radius 3 is 2.57 bits per heavy atom. The second-order valence-corrected chi connectivity index (χ2v) is 7.83. The van der Waals surface area contributed by atoms with Gasteiger partial charge in [-0.15, -0.1) is 0 Å². The molecule has 4 rings (SSSR count). The Bertz CT molecular complexity index is 1010. The van der Waals surface area contributed by atoms with E-state index >= 15 is 0 Å². The Morgan fingerprint density at radius 2 is 1.93 bits per heavy atom. The van der Waals surface area contributed by atoms with E-state index in [0.717, 1.165) is 12.8 Å². The van der Waals surface area contributed by atoms with Crippen molar-refractivity contribution in [3.8, 4) is 29.7 Å². The molecule has 2 heterocycles. The second kappa shape index (κ2) is 6.90. The largest absolute Gasteiger partial charge is 0.493 e. The zero-order valence-electron chi connectivity index (χ0n) is 16.9. The number of rotatable bonds is 4. The highest BCUT2D eigenvalue weighted by atomic mass is 16.7. The number of nitrogens with one attached hydrogen (secondary N) is 1. The molecule has 3 fully saturated rings. The maximum Gasteiger partial charge on any atom is 0.217 e. The first-order chi connectivity index (χ1) is 14.5. The topological polar surface area (TPSA) is 132 Å². The molecule has 2 bridgehead atoms. The number of hydrogen-bond acceptors (Lipinski definition) is 8. The molecule has 154 valence electrons. The van der Waals surface area contributed by atoms with Gasteiger partial charge < -0.3 is 18.9 Å². The monoisotopic (exact) mass is 406 g/mol. The van der Waals surface area contributed by atoms with E-state index in [1.54, 1.807) is 18.2 Å². The van der Waals surface area contributed by atoms with Crippen LogP contribution in [0.25, 0.3) is 0 Å². The van der Waals surface area contributed by atoms with Crippen molar-refractivity contribution in [2.75, 3.05) is 13.7 Å². The number of benzene rings is 1. The lowest BCUT2D eigenvalue weighted by Crippen LogP contribution is -2.60. The van der Waals surface area contributed by atoms with E-state index in [-0.39, 0.29) is 5.90 Å². The summed E-state index contributed by atoms with van der Waals surface area (Å²) in [5.74, 6) is -1.12. The average Bonchev–Trinajstić information content (AvgIpc) is 2.98. The van der Waals surface area contributed by atoms with Crippen molar-refractivity contribution < 1.29 is 18.9 Å². The fourth-order valence-corrected chi connectivity index (χ4v) is 5.28. The van der Waals surface area contributed by atoms with Gasteiger partial charge in [0.05, 0.1) is 37.8 Å². The molecule has 8 heteroatoms. The summed E-state index contributed by atoms with van der Waals surface area (Å²) >= 11 is 0. The molecule has 1 saturated carbocycles. The molecule has 0 unspecified atom stereocenters. The van der Waals surface area contributed by atoms with Crippen LogP contribution in [0.1, 0.15) is 44.3 Å². The van der Waals surface area contributed by atoms with Gasteiger partial charge in [0.2, 0.25) is 17.1 Å². The van der Waals surface area contributed by atoms with Crippen molar-refractivity contribution in [1.29, 1.82) is 21.2 Å². The van der Waals surface area contributed by atoms with Crippen LogP contribution in [0.2, 0.25) is 0 Å². The molecule has 0 radical (unpaired) electrons. The van der Waals surface area contributed by atoms with Gasteiger partial charge in [0.15, 0.2) is 16.9 Å². The van der Waals surface area contributed by atoms with E-state index < -0.39 is 28.6 Å². The number of ether oxygens (including phenoxy) is 4. The molecule has 8 nitrogen and oxygen atoms in total. The highest BCUT2D eigenvalue weighted by molar-refractivity contribution is 5.89. The Labute approximate surface area is 175 Å². The van der Waals surface area contributed by atoms with Crippen molar-refractivity contribution >= 4 is 5.90 Å². The molecule has 1 aromatic carbocycles. The number of nitrogens with zero attached hydrogens (tertiary/aromatic N) is 3. The molecule has 2 saturated heterocycles. The number of nitriles is 3. The number of hydrogen-bond donors (Lipinski definition) is 1. The molecule has 0 amide bonds. The highest BCUT2D eigenvalue weighted by Crippen LogP contribution is 2.69. The van der Waals surface area contributed by atoms with Gasteiger partial charge >= 0.3 is 0 Å². The Hall–Kier alpha value is -3.28. The molecule has 1 N–H and O–H groups in total. The summed E-state index contributed by atoms with van der Waals surface area (Å²) in [5, 5.41) is 39.3. The summed E-state index contributed by atoms with van der Waals surface area (Å²) in [5.41, 5.74) is -3.15. The maximum atomic E-state index is 10.3. The van der Waals surface area contributed by atoms with E-state index in [2.05, 4.69) is 18.2 Å². The van der Waals surface area contributed by atoms with Crippen LogP contribution >= 0.6 is 0 Å². The van der Waals surface area contributed by atoms with Crippen LogP contribution in [0.4, 0.5) is 0 Å². The van der Waals surface area contributed by atoms with Gasteiger partial charge in [0, 0.05) is 6.42 Å². The summed E-state index contributed by atoms with van der Waals surface area (Å²) in [6.07, 6.45) is 1.61. The van der Waals surface area contributed by atoms with E-state index in [0.29, 0.717) is 36.5 Å². The van der Waals surface area contributed by atoms with Gasteiger partial charge in [-0.05, 0) is 37.5 Å². The Morgan fingerprint density at radius 1 is 1.17 bits per heavy atom. The first kappa shape index (κ1) is 20.0. The van der Waals surface area contributed by atoms with Crippen LogP contribution in [-0.2, 0) is 9.47 Å². The fourth-order valence-electron chi connectivity index (χ4n) is 5.28. The third kappa shape index (κ3) is 2.24. The molecular formula is C22H22N4O4. The standard InChI is InChI=1S/C22H22N4O4/c1-3-28-15-8-7-14(10-16(15)27-2)18-20(11-23,12-24)21(13-25)17-6-4-5-9-22(17,29-18)30-19(21)26/h7-8,10,17-18,26H,3-6,9H2,1-2H3/t17-,18+,21+,22+/m1/s1. The average molecular weight is 406 g/mol. The van der Waals surface area contributed by atoms with E-state index in [1.807, 2.05) is 6.92 Å². The minimum atomic E-state index is -1.95. The minimum absolute atomic E-state index is 0.347. The van der Waals surface area contributed by atoms with Crippen LogP contribution < -0.4 is 9.47 Å². The summed E-state index contributed by atoms with van der Waals surface area (Å²) in [7, 11) is 1.50. The van der Waals surface area contributed by atoms with Crippen LogP contribution in [0.3, 0.4) is 0 Å². The third-order valence-electron chi connectivity index (χ3n) is 6.61. The predicted octanol–water partition coefficient (Wildman–Crippen LogP) is 3.60. The first-order valence-electron chi connectivity index (χ1n) is 9.99. The molecular weight excluding hydrogens is 384 g/mol. The van der Waals surface area contributed by atoms with Gasteiger partial charge in [-0.1, -0.05) is 12.5 Å². The quantitative estimate of drug-likeness (QED) is 0.807. The summed E-state index contributed by atoms with van der Waals surface area (Å²) < 4.78 is 23.3. The second-order valence-electron chi connectivity index (χ2n) is 7.83. The predicted molar refractivity (Wildman–Crippen MR) is 103 cm³/mol. The molecule has 1 aromatic rings. The smallest absolute Gasteiger partial charge is 0.217 e. The lowest BCUT2D eigenvalue weighted by Gasteiger charge is -2.51. The third-order valence-corrected chi connectivity index (χ3v) is 6.61. The lowest BCUT2D eigenvalue weighted by molar-refractivity contribution is -0.294. The minimum Gasteiger partial charge on any atom is -0.493 e. The maximum absolute atomic E-state index is 10.3. The zero-order valence-corrected chi connectivity index (χ0v) is 16.9. The van der Waals surface area contributed by atoms with Gasteiger partial charge in [0.25, 0.3) is 0 Å². The van der Waals surface area contributed by atoms with Gasteiger partial charge in [-0.3, -0.25) is 5.41 Å². The highest BCUT2D eigenvalue weighted by Gasteiger charge is 2.80. The van der Waals surface area contributed by atoms with Crippen molar-refractivity contribution in [2.24, 2.45) is 16.7 Å². The zero-order chi connectivity index (χ0) is 21.6. The first-order valence-corrected chi connectivity index (χ1v) is 9.99. The molecule has 0 aromatic heterocycles. The number of methoxy groups -OCH3 is 1. The van der Waals surface area contributed by atoms with E-state index in [9.17, 15) is 15.8 Å². The molecule has 4 atom stereocenters. The van der Waals surface area contributed by atoms with Gasteiger partial charge in [0.1, 0.15) is 6.10 Å². The fraction of sp³-hybridized carbons (Fsp3) is 0.545. The van der Waals surface area contributed by atoms with Crippen molar-refractivity contribution in [3.05, 3.63) is 23.8 Å². The SMILES string of the molecule is CCOc1ccc([C@@H]2O[C@]34CCCC[C@@H]3[C@@](C#N)(C(=N)O4)C2(C#N)C#N)cc1OC. The lowest BCUT2D eigenvalue weighted by atomic mass is 9.51. The Balaban J connectivity index is 1.94. The van der Waals surface area contributed by atoms with Gasteiger partial charge in [-0.25, -0.2) is 0 Å². The summed E-state index contributed by atoms with van der Waals surface area (Å²) in [4.78, 5) is 0. The van der Waals surface area contributed by atoms with Crippen LogP contribution in [-0.4, -0.2) is 25.4 Å². The summed E-state index contributed by atoms with van der Waals surface area (Å²) in [6, 6.07) is 11.4. The Kier molecular flexibility index (Phi) is 4.60. The van der Waals surface area contributed by atoms with Crippen LogP contribution in [0, 0.1) is 56.2 Å². The summed E-state index contributed by atoms with van der Waals surface area (Å²) in [6.45, 7) is 2.30. The molecule has 0 spiro atoms.